The standard InChI is InChI=1S/C6H11N3O/c1-2-8-6-4-3-5(7)9(6)10/h3-4,8,10H,2,7H2,1H3. The fourth-order valence-corrected chi connectivity index (χ4v) is 0.760. The van der Waals surface area contributed by atoms with E-state index in [0.29, 0.717) is 11.6 Å². The second-order valence-corrected chi connectivity index (χ2v) is 1.99. The monoisotopic (exact) mass is 141 g/mol. The summed E-state index contributed by atoms with van der Waals surface area (Å²) in [6.45, 7) is 2.72. The normalized spacial score (nSPS) is 9.70. The number of hydrogen-bond donors (Lipinski definition) is 3. The Hall–Kier alpha value is -1.32. The highest BCUT2D eigenvalue weighted by Crippen LogP contribution is 2.12. The molecule has 4 nitrogen and oxygen atoms in total. The summed E-state index contributed by atoms with van der Waals surface area (Å²) < 4.78 is 0.920. The first kappa shape index (κ1) is 6.80. The van der Waals surface area contributed by atoms with Gasteiger partial charge in [-0.05, 0) is 19.1 Å². The number of aromatic nitrogens is 1. The molecule has 0 saturated carbocycles. The third kappa shape index (κ3) is 1.00. The van der Waals surface area contributed by atoms with Gasteiger partial charge in [0.25, 0.3) is 0 Å². The van der Waals surface area contributed by atoms with Gasteiger partial charge in [-0.1, -0.05) is 0 Å². The van der Waals surface area contributed by atoms with Crippen LogP contribution in [0.5, 0.6) is 0 Å². The molecule has 0 bridgehead atoms. The predicted octanol–water partition coefficient (Wildman–Crippen LogP) is 0.739. The molecule has 0 amide bonds. The van der Waals surface area contributed by atoms with Gasteiger partial charge in [0.1, 0.15) is 11.6 Å². The number of nitrogens with zero attached hydrogens (tertiary/aromatic N) is 1. The fraction of sp³-hybridized carbons (Fsp3) is 0.333. The Bertz CT molecular complexity index is 219. The van der Waals surface area contributed by atoms with Crippen LogP contribution in [-0.2, 0) is 0 Å². The molecule has 0 atom stereocenters. The van der Waals surface area contributed by atoms with Crippen LogP contribution in [0.1, 0.15) is 6.92 Å². The smallest absolute Gasteiger partial charge is 0.144 e. The van der Waals surface area contributed by atoms with Gasteiger partial charge in [-0.3, -0.25) is 0 Å². The summed E-state index contributed by atoms with van der Waals surface area (Å²) in [5.74, 6) is 0.968. The molecule has 1 rings (SSSR count). The lowest BCUT2D eigenvalue weighted by Crippen LogP contribution is -2.04. The Balaban J connectivity index is 2.83. The average Bonchev–Trinajstić information content (AvgIpc) is 2.20. The molecule has 4 heteroatoms. The lowest BCUT2D eigenvalue weighted by molar-refractivity contribution is 0.199. The number of rotatable bonds is 2. The average molecular weight is 141 g/mol. The van der Waals surface area contributed by atoms with Crippen molar-refractivity contribution in [2.75, 3.05) is 17.6 Å². The van der Waals surface area contributed by atoms with Crippen molar-refractivity contribution in [1.82, 2.24) is 4.73 Å². The summed E-state index contributed by atoms with van der Waals surface area (Å²) in [6, 6.07) is 3.36. The van der Waals surface area contributed by atoms with Gasteiger partial charge in [0.2, 0.25) is 0 Å². The van der Waals surface area contributed by atoms with Crippen molar-refractivity contribution in [2.24, 2.45) is 0 Å². The zero-order valence-corrected chi connectivity index (χ0v) is 5.83. The second-order valence-electron chi connectivity index (χ2n) is 1.99. The van der Waals surface area contributed by atoms with E-state index in [-0.39, 0.29) is 0 Å². The quantitative estimate of drug-likeness (QED) is 0.532. The van der Waals surface area contributed by atoms with Crippen molar-refractivity contribution < 1.29 is 5.21 Å². The van der Waals surface area contributed by atoms with Gasteiger partial charge in [-0.15, -0.1) is 0 Å². The summed E-state index contributed by atoms with van der Waals surface area (Å²) in [7, 11) is 0. The third-order valence-electron chi connectivity index (χ3n) is 1.24. The van der Waals surface area contributed by atoms with Crippen LogP contribution >= 0.6 is 0 Å². The number of hydrogen-bond acceptors (Lipinski definition) is 3. The zero-order valence-electron chi connectivity index (χ0n) is 5.83. The van der Waals surface area contributed by atoms with Crippen molar-refractivity contribution in [3.8, 4) is 0 Å². The summed E-state index contributed by atoms with van der Waals surface area (Å²) in [5.41, 5.74) is 5.34. The Morgan fingerprint density at radius 1 is 1.70 bits per heavy atom. The molecule has 0 spiro atoms. The summed E-state index contributed by atoms with van der Waals surface area (Å²) in [5, 5.41) is 12.0. The third-order valence-corrected chi connectivity index (χ3v) is 1.24. The summed E-state index contributed by atoms with van der Waals surface area (Å²) >= 11 is 0. The van der Waals surface area contributed by atoms with Crippen LogP contribution in [0.2, 0.25) is 0 Å². The van der Waals surface area contributed by atoms with Gasteiger partial charge < -0.3 is 16.3 Å². The van der Waals surface area contributed by atoms with E-state index in [0.717, 1.165) is 11.3 Å². The lowest BCUT2D eigenvalue weighted by Gasteiger charge is -2.02. The van der Waals surface area contributed by atoms with Crippen LogP contribution in [0, 0.1) is 0 Å². The van der Waals surface area contributed by atoms with Crippen LogP contribution in [0.15, 0.2) is 12.1 Å². The van der Waals surface area contributed by atoms with Gasteiger partial charge in [0, 0.05) is 6.54 Å². The molecule has 10 heavy (non-hydrogen) atoms. The van der Waals surface area contributed by atoms with E-state index in [1.807, 2.05) is 6.92 Å². The maximum atomic E-state index is 9.10. The maximum absolute atomic E-state index is 9.10. The minimum Gasteiger partial charge on any atom is -0.425 e. The van der Waals surface area contributed by atoms with E-state index in [2.05, 4.69) is 5.32 Å². The van der Waals surface area contributed by atoms with Gasteiger partial charge in [-0.2, -0.15) is 4.73 Å². The highest BCUT2D eigenvalue weighted by atomic mass is 16.5. The van der Waals surface area contributed by atoms with E-state index in [1.165, 1.54) is 0 Å². The minimum atomic E-state index is 0.343. The van der Waals surface area contributed by atoms with Crippen LogP contribution in [0.4, 0.5) is 11.6 Å². The van der Waals surface area contributed by atoms with Gasteiger partial charge >= 0.3 is 0 Å². The minimum absolute atomic E-state index is 0.343. The first-order valence-corrected chi connectivity index (χ1v) is 3.16. The van der Waals surface area contributed by atoms with Crippen molar-refractivity contribution in [2.45, 2.75) is 6.92 Å². The van der Waals surface area contributed by atoms with Crippen LogP contribution in [0.25, 0.3) is 0 Å². The SMILES string of the molecule is CCNc1ccc(N)n1O. The van der Waals surface area contributed by atoms with E-state index in [9.17, 15) is 0 Å². The maximum Gasteiger partial charge on any atom is 0.144 e. The van der Waals surface area contributed by atoms with Crippen molar-refractivity contribution in [3.63, 3.8) is 0 Å². The van der Waals surface area contributed by atoms with Crippen LogP contribution < -0.4 is 11.1 Å². The molecule has 0 aliphatic carbocycles. The highest BCUT2D eigenvalue weighted by molar-refractivity contribution is 5.46. The molecule has 0 aliphatic rings. The number of nitrogen functional groups attached to an aromatic ring is 1. The second kappa shape index (κ2) is 2.51. The Kier molecular flexibility index (Phi) is 1.71. The number of nitrogens with two attached hydrogens (primary N) is 1. The highest BCUT2D eigenvalue weighted by Gasteiger charge is 1.99. The largest absolute Gasteiger partial charge is 0.425 e. The van der Waals surface area contributed by atoms with E-state index in [1.54, 1.807) is 12.1 Å². The lowest BCUT2D eigenvalue weighted by atomic mass is 10.6. The molecule has 1 heterocycles. The summed E-state index contributed by atoms with van der Waals surface area (Å²) in [6.07, 6.45) is 0. The Morgan fingerprint density at radius 2 is 2.40 bits per heavy atom. The Labute approximate surface area is 59.2 Å². The van der Waals surface area contributed by atoms with E-state index < -0.39 is 0 Å². The van der Waals surface area contributed by atoms with Crippen molar-refractivity contribution in [3.05, 3.63) is 12.1 Å². The topological polar surface area (TPSA) is 63.2 Å². The van der Waals surface area contributed by atoms with E-state index in [4.69, 9.17) is 10.9 Å². The molecule has 0 aromatic carbocycles. The molecule has 56 valence electrons. The summed E-state index contributed by atoms with van der Waals surface area (Å²) in [4.78, 5) is 0. The molecule has 4 N–H and O–H groups in total. The van der Waals surface area contributed by atoms with Crippen molar-refractivity contribution in [1.29, 1.82) is 0 Å². The molecule has 0 radical (unpaired) electrons. The van der Waals surface area contributed by atoms with E-state index >= 15 is 0 Å². The van der Waals surface area contributed by atoms with Gasteiger partial charge in [-0.25, -0.2) is 0 Å². The molecular weight excluding hydrogens is 130 g/mol. The van der Waals surface area contributed by atoms with Crippen LogP contribution in [0.3, 0.4) is 0 Å². The molecule has 1 aromatic rings. The van der Waals surface area contributed by atoms with Gasteiger partial charge in [0.15, 0.2) is 0 Å². The Morgan fingerprint density at radius 3 is 2.80 bits per heavy atom. The number of nitrogens with one attached hydrogen (secondary N) is 1. The number of anilines is 2. The predicted molar refractivity (Wildman–Crippen MR) is 40.2 cm³/mol. The molecule has 0 unspecified atom stereocenters. The molecule has 0 saturated heterocycles. The first-order chi connectivity index (χ1) is 4.75. The van der Waals surface area contributed by atoms with Crippen molar-refractivity contribution >= 4 is 11.6 Å². The fourth-order valence-electron chi connectivity index (χ4n) is 0.760. The molecular formula is C6H11N3O. The van der Waals surface area contributed by atoms with Crippen LogP contribution in [-0.4, -0.2) is 16.5 Å². The first-order valence-electron chi connectivity index (χ1n) is 3.16. The molecule has 0 aliphatic heterocycles. The molecule has 1 aromatic heterocycles. The zero-order chi connectivity index (χ0) is 7.56. The molecule has 0 fully saturated rings. The van der Waals surface area contributed by atoms with Gasteiger partial charge in [0.05, 0.1) is 0 Å².